The summed E-state index contributed by atoms with van der Waals surface area (Å²) in [5.74, 6) is 0.736. The molecule has 0 fully saturated rings. The number of aryl methyl sites for hydroxylation is 1. The quantitative estimate of drug-likeness (QED) is 0.902. The number of halogens is 1. The van der Waals surface area contributed by atoms with E-state index in [0.717, 1.165) is 38.2 Å². The van der Waals surface area contributed by atoms with Crippen molar-refractivity contribution >= 4 is 21.9 Å². The molecule has 108 valence electrons. The highest BCUT2D eigenvalue weighted by Gasteiger charge is 2.45. The van der Waals surface area contributed by atoms with Crippen LogP contribution in [0.5, 0.6) is 0 Å². The van der Waals surface area contributed by atoms with Crippen molar-refractivity contribution in [3.05, 3.63) is 33.8 Å². The maximum Gasteiger partial charge on any atom is 0.192 e. The van der Waals surface area contributed by atoms with Crippen LogP contribution in [0.15, 0.2) is 27.7 Å². The van der Waals surface area contributed by atoms with Gasteiger partial charge in [0.15, 0.2) is 5.96 Å². The van der Waals surface area contributed by atoms with Gasteiger partial charge in [-0.2, -0.15) is 0 Å². The molecule has 1 aromatic rings. The Kier molecular flexibility index (Phi) is 3.53. The Labute approximate surface area is 129 Å². The predicted octanol–water partition coefficient (Wildman–Crippen LogP) is 3.11. The van der Waals surface area contributed by atoms with Crippen molar-refractivity contribution in [2.75, 3.05) is 6.54 Å². The fourth-order valence-corrected chi connectivity index (χ4v) is 4.06. The van der Waals surface area contributed by atoms with Crippen molar-refractivity contribution in [2.45, 2.75) is 51.1 Å². The number of aliphatic imine (C=N–C) groups is 1. The van der Waals surface area contributed by atoms with Gasteiger partial charge in [-0.15, -0.1) is 0 Å². The topological polar surface area (TPSA) is 41.6 Å². The van der Waals surface area contributed by atoms with Crippen LogP contribution in [0.4, 0.5) is 0 Å². The molecule has 1 aliphatic carbocycles. The molecule has 0 bridgehead atoms. The lowest BCUT2D eigenvalue weighted by Crippen LogP contribution is -2.57. The molecule has 0 radical (unpaired) electrons. The van der Waals surface area contributed by atoms with E-state index in [0.29, 0.717) is 6.04 Å². The molecule has 2 N–H and O–H groups in total. The highest BCUT2D eigenvalue weighted by molar-refractivity contribution is 9.10. The van der Waals surface area contributed by atoms with Gasteiger partial charge >= 0.3 is 0 Å². The number of fused-ring (bicyclic) bond motifs is 1. The highest BCUT2D eigenvalue weighted by atomic mass is 79.9. The van der Waals surface area contributed by atoms with Gasteiger partial charge in [0.2, 0.25) is 0 Å². The minimum absolute atomic E-state index is 0.111. The zero-order chi connectivity index (χ0) is 14.3. The van der Waals surface area contributed by atoms with Gasteiger partial charge < -0.3 is 10.6 Å². The Bertz CT molecular complexity index is 555. The van der Waals surface area contributed by atoms with Crippen molar-refractivity contribution in [3.63, 3.8) is 0 Å². The summed E-state index contributed by atoms with van der Waals surface area (Å²) in [6, 6.07) is 7.11. The Morgan fingerprint density at radius 1 is 1.45 bits per heavy atom. The normalized spacial score (nSPS) is 26.6. The summed E-state index contributed by atoms with van der Waals surface area (Å²) in [5.41, 5.74) is 9.21. The van der Waals surface area contributed by atoms with Crippen molar-refractivity contribution in [3.8, 4) is 0 Å². The minimum atomic E-state index is 0.111. The van der Waals surface area contributed by atoms with E-state index < -0.39 is 0 Å². The van der Waals surface area contributed by atoms with Gasteiger partial charge in [-0.1, -0.05) is 28.9 Å². The lowest BCUT2D eigenvalue weighted by atomic mass is 9.76. The highest BCUT2D eigenvalue weighted by Crippen LogP contribution is 2.38. The molecule has 4 heteroatoms. The van der Waals surface area contributed by atoms with E-state index in [1.54, 1.807) is 0 Å². The average Bonchev–Trinajstić information content (AvgIpc) is 2.75. The third-order valence-corrected chi connectivity index (χ3v) is 5.37. The van der Waals surface area contributed by atoms with Crippen molar-refractivity contribution in [1.29, 1.82) is 0 Å². The monoisotopic (exact) mass is 335 g/mol. The molecule has 1 aliphatic heterocycles. The van der Waals surface area contributed by atoms with Crippen LogP contribution < -0.4 is 5.73 Å². The minimum Gasteiger partial charge on any atom is -0.370 e. The number of guanidine groups is 1. The molecular formula is C16H22BrN3. The first-order valence-electron chi connectivity index (χ1n) is 7.42. The Morgan fingerprint density at radius 3 is 3.00 bits per heavy atom. The third kappa shape index (κ3) is 2.14. The molecule has 0 amide bonds. The first kappa shape index (κ1) is 13.9. The summed E-state index contributed by atoms with van der Waals surface area (Å²) in [6.45, 7) is 5.32. The van der Waals surface area contributed by atoms with Gasteiger partial charge in [0.05, 0.1) is 12.1 Å². The second-order valence-corrected chi connectivity index (χ2v) is 7.03. The molecule has 2 atom stereocenters. The summed E-state index contributed by atoms with van der Waals surface area (Å²) >= 11 is 3.57. The lowest BCUT2D eigenvalue weighted by molar-refractivity contribution is 0.134. The smallest absolute Gasteiger partial charge is 0.192 e. The van der Waals surface area contributed by atoms with E-state index in [-0.39, 0.29) is 5.54 Å². The van der Waals surface area contributed by atoms with Crippen LogP contribution in [-0.2, 0) is 12.8 Å². The number of hydrogen-bond donors (Lipinski definition) is 1. The summed E-state index contributed by atoms with van der Waals surface area (Å²) in [5, 5.41) is 0. The molecule has 20 heavy (non-hydrogen) atoms. The van der Waals surface area contributed by atoms with Gasteiger partial charge in [0.1, 0.15) is 0 Å². The third-order valence-electron chi connectivity index (χ3n) is 4.87. The zero-order valence-electron chi connectivity index (χ0n) is 12.2. The van der Waals surface area contributed by atoms with Crippen LogP contribution >= 0.6 is 15.9 Å². The Hall–Kier alpha value is -1.03. The van der Waals surface area contributed by atoms with E-state index in [4.69, 9.17) is 5.73 Å². The van der Waals surface area contributed by atoms with Crippen LogP contribution in [0.2, 0.25) is 0 Å². The maximum atomic E-state index is 6.17. The van der Waals surface area contributed by atoms with Crippen molar-refractivity contribution in [1.82, 2.24) is 4.90 Å². The summed E-state index contributed by atoms with van der Waals surface area (Å²) < 4.78 is 1.17. The molecule has 3 nitrogen and oxygen atoms in total. The maximum absolute atomic E-state index is 6.17. The van der Waals surface area contributed by atoms with Crippen LogP contribution in [0.1, 0.15) is 37.8 Å². The van der Waals surface area contributed by atoms with E-state index in [9.17, 15) is 0 Å². The lowest BCUT2D eigenvalue weighted by Gasteiger charge is -2.45. The van der Waals surface area contributed by atoms with Gasteiger partial charge in [-0.3, -0.25) is 4.99 Å². The number of hydrogen-bond acceptors (Lipinski definition) is 3. The first-order valence-corrected chi connectivity index (χ1v) is 8.21. The number of benzene rings is 1. The molecule has 1 spiro atoms. The van der Waals surface area contributed by atoms with Crippen LogP contribution in [0, 0.1) is 0 Å². The van der Waals surface area contributed by atoms with Gasteiger partial charge in [0.25, 0.3) is 0 Å². The summed E-state index contributed by atoms with van der Waals surface area (Å²) in [4.78, 5) is 6.95. The summed E-state index contributed by atoms with van der Waals surface area (Å²) in [7, 11) is 0. The number of nitrogens with two attached hydrogens (primary N) is 1. The molecule has 1 aromatic carbocycles. The first-order chi connectivity index (χ1) is 9.55. The molecule has 2 unspecified atom stereocenters. The summed E-state index contributed by atoms with van der Waals surface area (Å²) in [6.07, 6.45) is 4.42. The Balaban J connectivity index is 1.93. The molecule has 3 rings (SSSR count). The van der Waals surface area contributed by atoms with Crippen LogP contribution in [0.25, 0.3) is 0 Å². The second kappa shape index (κ2) is 5.06. The van der Waals surface area contributed by atoms with E-state index in [1.807, 2.05) is 0 Å². The van der Waals surface area contributed by atoms with Gasteiger partial charge in [-0.25, -0.2) is 0 Å². The molecular weight excluding hydrogens is 314 g/mol. The van der Waals surface area contributed by atoms with Gasteiger partial charge in [0, 0.05) is 10.5 Å². The molecule has 2 aliphatic rings. The molecule has 1 heterocycles. The van der Waals surface area contributed by atoms with E-state index in [2.05, 4.69) is 57.9 Å². The largest absolute Gasteiger partial charge is 0.370 e. The van der Waals surface area contributed by atoms with Gasteiger partial charge in [-0.05, 0) is 55.9 Å². The molecule has 0 saturated carbocycles. The predicted molar refractivity (Wildman–Crippen MR) is 87.0 cm³/mol. The fourth-order valence-electron chi connectivity index (χ4n) is 3.65. The molecule has 0 aromatic heterocycles. The van der Waals surface area contributed by atoms with Crippen LogP contribution in [-0.4, -0.2) is 29.0 Å². The SMILES string of the molecule is CCC(C)N1C(N)=NCC12CCc1cc(Br)ccc1C2. The fraction of sp³-hybridized carbons (Fsp3) is 0.562. The van der Waals surface area contributed by atoms with E-state index in [1.165, 1.54) is 15.6 Å². The van der Waals surface area contributed by atoms with Crippen molar-refractivity contribution < 1.29 is 0 Å². The average molecular weight is 336 g/mol. The Morgan fingerprint density at radius 2 is 2.25 bits per heavy atom. The van der Waals surface area contributed by atoms with E-state index >= 15 is 0 Å². The van der Waals surface area contributed by atoms with Crippen LogP contribution in [0.3, 0.4) is 0 Å². The second-order valence-electron chi connectivity index (χ2n) is 6.12. The zero-order valence-corrected chi connectivity index (χ0v) is 13.8. The van der Waals surface area contributed by atoms with Crippen molar-refractivity contribution in [2.24, 2.45) is 10.7 Å². The standard InChI is InChI=1S/C16H22BrN3/c1-3-11(2)20-15(18)19-10-16(20)7-6-12-8-14(17)5-4-13(12)9-16/h4-5,8,11H,3,6-7,9-10H2,1-2H3,(H2,18,19). The number of rotatable bonds is 2. The number of nitrogens with zero attached hydrogens (tertiary/aromatic N) is 2. The molecule has 0 saturated heterocycles.